The van der Waals surface area contributed by atoms with Crippen molar-refractivity contribution in [3.8, 4) is 0 Å². The van der Waals surface area contributed by atoms with E-state index in [4.69, 9.17) is 5.73 Å². The number of carbonyl (C=O) groups is 1. The van der Waals surface area contributed by atoms with Gasteiger partial charge in [0.2, 0.25) is 0 Å². The van der Waals surface area contributed by atoms with Gasteiger partial charge in [0.1, 0.15) is 0 Å². The van der Waals surface area contributed by atoms with Crippen LogP contribution in [-0.4, -0.2) is 10.9 Å². The molecule has 1 aromatic heterocycles. The summed E-state index contributed by atoms with van der Waals surface area (Å²) in [7, 11) is 0. The number of nitrogens with zero attached hydrogens (tertiary/aromatic N) is 1. The Morgan fingerprint density at radius 2 is 2.22 bits per heavy atom. The van der Waals surface area contributed by atoms with Crippen molar-refractivity contribution in [1.29, 1.82) is 0 Å². The first-order valence-corrected chi connectivity index (χ1v) is 6.18. The highest BCUT2D eigenvalue weighted by Crippen LogP contribution is 2.12. The van der Waals surface area contributed by atoms with E-state index in [1.165, 1.54) is 6.20 Å². The summed E-state index contributed by atoms with van der Waals surface area (Å²) in [5.41, 5.74) is 7.53. The van der Waals surface area contributed by atoms with E-state index in [9.17, 15) is 4.79 Å². The average molecular weight is 306 g/mol. The summed E-state index contributed by atoms with van der Waals surface area (Å²) < 4.78 is 0.984. The molecule has 0 radical (unpaired) electrons. The van der Waals surface area contributed by atoms with Crippen LogP contribution in [0.5, 0.6) is 0 Å². The molecule has 2 rings (SSSR count). The van der Waals surface area contributed by atoms with Gasteiger partial charge in [-0.25, -0.2) is 0 Å². The van der Waals surface area contributed by atoms with Crippen LogP contribution in [0.1, 0.15) is 15.9 Å². The third-order valence-electron chi connectivity index (χ3n) is 2.44. The Morgan fingerprint density at radius 3 is 2.94 bits per heavy atom. The zero-order valence-corrected chi connectivity index (χ0v) is 11.1. The van der Waals surface area contributed by atoms with Crippen LogP contribution in [0.2, 0.25) is 0 Å². The number of halogens is 1. The fraction of sp³-hybridized carbons (Fsp3) is 0.0769. The van der Waals surface area contributed by atoms with E-state index in [1.54, 1.807) is 12.3 Å². The largest absolute Gasteiger partial charge is 0.397 e. The topological polar surface area (TPSA) is 68.0 Å². The molecule has 0 atom stereocenters. The Kier molecular flexibility index (Phi) is 3.94. The Morgan fingerprint density at radius 1 is 1.39 bits per heavy atom. The molecule has 0 fully saturated rings. The average Bonchev–Trinajstić information content (AvgIpc) is 2.37. The van der Waals surface area contributed by atoms with Crippen molar-refractivity contribution in [2.75, 3.05) is 5.73 Å². The smallest absolute Gasteiger partial charge is 0.253 e. The molecule has 2 aromatic rings. The number of hydrogen-bond donors (Lipinski definition) is 2. The third-order valence-corrected chi connectivity index (χ3v) is 2.93. The van der Waals surface area contributed by atoms with Crippen molar-refractivity contribution in [3.05, 3.63) is 58.3 Å². The highest BCUT2D eigenvalue weighted by Gasteiger charge is 2.08. The first-order valence-electron chi connectivity index (χ1n) is 5.39. The summed E-state index contributed by atoms with van der Waals surface area (Å²) in [5.74, 6) is -0.199. The summed E-state index contributed by atoms with van der Waals surface area (Å²) in [6.07, 6.45) is 3.01. The molecule has 18 heavy (non-hydrogen) atoms. The summed E-state index contributed by atoms with van der Waals surface area (Å²) in [6.45, 7) is 0.458. The minimum Gasteiger partial charge on any atom is -0.397 e. The molecule has 0 spiro atoms. The van der Waals surface area contributed by atoms with Crippen LogP contribution in [-0.2, 0) is 6.54 Å². The molecule has 0 aliphatic heterocycles. The van der Waals surface area contributed by atoms with Crippen LogP contribution < -0.4 is 11.1 Å². The normalized spacial score (nSPS) is 10.1. The van der Waals surface area contributed by atoms with E-state index in [1.807, 2.05) is 24.3 Å². The van der Waals surface area contributed by atoms with Gasteiger partial charge in [0, 0.05) is 17.2 Å². The Bertz CT molecular complexity index is 572. The number of pyridine rings is 1. The molecule has 0 saturated carbocycles. The lowest BCUT2D eigenvalue weighted by molar-refractivity contribution is 0.0951. The second-order valence-electron chi connectivity index (χ2n) is 3.78. The molecule has 92 valence electrons. The maximum absolute atomic E-state index is 11.9. The molecular weight excluding hydrogens is 294 g/mol. The Labute approximate surface area is 113 Å². The number of nitrogens with two attached hydrogens (primary N) is 1. The van der Waals surface area contributed by atoms with Crippen molar-refractivity contribution in [2.45, 2.75) is 6.54 Å². The summed E-state index contributed by atoms with van der Waals surface area (Å²) in [6, 6.07) is 9.36. The van der Waals surface area contributed by atoms with Crippen LogP contribution >= 0.6 is 15.9 Å². The van der Waals surface area contributed by atoms with Crippen molar-refractivity contribution < 1.29 is 4.79 Å². The highest BCUT2D eigenvalue weighted by atomic mass is 79.9. The monoisotopic (exact) mass is 305 g/mol. The summed E-state index contributed by atoms with van der Waals surface area (Å²) in [5, 5.41) is 2.82. The Hall–Kier alpha value is -1.88. The second kappa shape index (κ2) is 5.64. The molecule has 0 aliphatic carbocycles. The number of carbonyl (C=O) groups excluding carboxylic acids is 1. The lowest BCUT2D eigenvalue weighted by Crippen LogP contribution is -2.23. The molecule has 3 N–H and O–H groups in total. The van der Waals surface area contributed by atoms with Crippen molar-refractivity contribution in [2.24, 2.45) is 0 Å². The van der Waals surface area contributed by atoms with Gasteiger partial charge in [-0.05, 0) is 23.8 Å². The molecular formula is C13H12BrN3O. The standard InChI is InChI=1S/C13H12BrN3O/c14-10-3-1-2-9(6-10)7-17-13(18)11-4-5-16-8-12(11)15/h1-6,8H,7,15H2,(H,17,18). The van der Waals surface area contributed by atoms with E-state index in [0.29, 0.717) is 17.8 Å². The van der Waals surface area contributed by atoms with Gasteiger partial charge < -0.3 is 11.1 Å². The van der Waals surface area contributed by atoms with Crippen LogP contribution in [0.4, 0.5) is 5.69 Å². The number of hydrogen-bond acceptors (Lipinski definition) is 3. The van der Waals surface area contributed by atoms with E-state index in [0.717, 1.165) is 10.0 Å². The van der Waals surface area contributed by atoms with Crippen LogP contribution in [0, 0.1) is 0 Å². The predicted octanol–water partition coefficient (Wildman–Crippen LogP) is 2.36. The quantitative estimate of drug-likeness (QED) is 0.914. The van der Waals surface area contributed by atoms with Crippen LogP contribution in [0.15, 0.2) is 47.2 Å². The van der Waals surface area contributed by atoms with Gasteiger partial charge in [-0.1, -0.05) is 28.1 Å². The van der Waals surface area contributed by atoms with E-state index in [2.05, 4.69) is 26.2 Å². The number of nitrogen functional groups attached to an aromatic ring is 1. The van der Waals surface area contributed by atoms with Gasteiger partial charge in [0.15, 0.2) is 0 Å². The van der Waals surface area contributed by atoms with Crippen molar-refractivity contribution >= 4 is 27.5 Å². The second-order valence-corrected chi connectivity index (χ2v) is 4.69. The number of nitrogens with one attached hydrogen (secondary N) is 1. The molecule has 0 bridgehead atoms. The predicted molar refractivity (Wildman–Crippen MR) is 74.0 cm³/mol. The maximum Gasteiger partial charge on any atom is 0.253 e. The zero-order chi connectivity index (χ0) is 13.0. The minimum absolute atomic E-state index is 0.199. The minimum atomic E-state index is -0.199. The molecule has 1 heterocycles. The fourth-order valence-corrected chi connectivity index (χ4v) is 1.98. The van der Waals surface area contributed by atoms with Gasteiger partial charge in [0.05, 0.1) is 17.4 Å². The lowest BCUT2D eigenvalue weighted by atomic mass is 10.2. The van der Waals surface area contributed by atoms with E-state index in [-0.39, 0.29) is 5.91 Å². The first-order chi connectivity index (χ1) is 8.66. The maximum atomic E-state index is 11.9. The number of amides is 1. The van der Waals surface area contributed by atoms with Gasteiger partial charge in [-0.2, -0.15) is 0 Å². The third kappa shape index (κ3) is 3.07. The number of rotatable bonds is 3. The van der Waals surface area contributed by atoms with Crippen LogP contribution in [0.3, 0.4) is 0 Å². The molecule has 0 aliphatic rings. The SMILES string of the molecule is Nc1cnccc1C(=O)NCc1cccc(Br)c1. The van der Waals surface area contributed by atoms with Crippen LogP contribution in [0.25, 0.3) is 0 Å². The molecule has 5 heteroatoms. The van der Waals surface area contributed by atoms with Gasteiger partial charge >= 0.3 is 0 Å². The Balaban J connectivity index is 2.03. The number of benzene rings is 1. The lowest BCUT2D eigenvalue weighted by Gasteiger charge is -2.07. The van der Waals surface area contributed by atoms with E-state index >= 15 is 0 Å². The molecule has 1 aromatic carbocycles. The van der Waals surface area contributed by atoms with Gasteiger partial charge in [-0.3, -0.25) is 9.78 Å². The fourth-order valence-electron chi connectivity index (χ4n) is 1.54. The molecule has 4 nitrogen and oxygen atoms in total. The zero-order valence-electron chi connectivity index (χ0n) is 9.56. The summed E-state index contributed by atoms with van der Waals surface area (Å²) in [4.78, 5) is 15.7. The number of anilines is 1. The highest BCUT2D eigenvalue weighted by molar-refractivity contribution is 9.10. The molecule has 0 unspecified atom stereocenters. The van der Waals surface area contributed by atoms with Gasteiger partial charge in [-0.15, -0.1) is 0 Å². The van der Waals surface area contributed by atoms with Crippen molar-refractivity contribution in [1.82, 2.24) is 10.3 Å². The van der Waals surface area contributed by atoms with Crippen molar-refractivity contribution in [3.63, 3.8) is 0 Å². The summed E-state index contributed by atoms with van der Waals surface area (Å²) >= 11 is 3.38. The van der Waals surface area contributed by atoms with E-state index < -0.39 is 0 Å². The molecule has 0 saturated heterocycles. The van der Waals surface area contributed by atoms with Gasteiger partial charge in [0.25, 0.3) is 5.91 Å². The first kappa shape index (κ1) is 12.6. The number of aromatic nitrogens is 1. The molecule has 1 amide bonds.